The average molecular weight is 280 g/mol. The summed E-state index contributed by atoms with van der Waals surface area (Å²) in [6.07, 6.45) is 0. The molecule has 4 nitrogen and oxygen atoms in total. The lowest BCUT2D eigenvalue weighted by Crippen LogP contribution is -3.99. The van der Waals surface area contributed by atoms with Crippen molar-refractivity contribution in [1.29, 1.82) is 0 Å². The Hall–Kier alpha value is -0.660. The first kappa shape index (κ1) is 9.43. The molecule has 0 atom stereocenters. The molecule has 0 unspecified atom stereocenters. The number of carbonyl (C=O) groups excluding carboxylic acids is 1. The fraction of sp³-hybridized carbons (Fsp3) is 0. The van der Waals surface area contributed by atoms with Crippen molar-refractivity contribution in [2.75, 3.05) is 0 Å². The summed E-state index contributed by atoms with van der Waals surface area (Å²) in [6.45, 7) is 0. The molecule has 0 fully saturated rings. The second-order valence-electron chi connectivity index (χ2n) is 1.92. The second kappa shape index (κ2) is 4.39. The van der Waals surface area contributed by atoms with Crippen LogP contribution in [0.5, 0.6) is 0 Å². The second-order valence-corrected chi connectivity index (χ2v) is 3.44. The summed E-state index contributed by atoms with van der Waals surface area (Å²) < 4.78 is 24.2. The molecule has 0 aliphatic heterocycles. The van der Waals surface area contributed by atoms with Crippen molar-refractivity contribution in [3.05, 3.63) is 35.9 Å². The van der Waals surface area contributed by atoms with Gasteiger partial charge in [0.2, 0.25) is 0 Å². The first-order chi connectivity index (χ1) is 5.70. The lowest BCUT2D eigenvalue weighted by Gasteiger charge is -1.92. The Bertz CT molecular complexity index is 259. The monoisotopic (exact) mass is 280 g/mol. The zero-order valence-electron chi connectivity index (χ0n) is 5.90. The maximum absolute atomic E-state index is 10.9. The van der Waals surface area contributed by atoms with Crippen molar-refractivity contribution in [3.8, 4) is 0 Å². The smallest absolute Gasteiger partial charge is 0.385 e. The van der Waals surface area contributed by atoms with Crippen LogP contribution < -0.4 is 27.9 Å². The SMILES string of the molecule is O=C(O[I+2]([O-])[O-])c1ccccc1. The zero-order valence-corrected chi connectivity index (χ0v) is 8.06. The van der Waals surface area contributed by atoms with Crippen LogP contribution in [0.3, 0.4) is 0 Å². The molecular weight excluding hydrogens is 275 g/mol. The number of carbonyl (C=O) groups is 1. The fourth-order valence-corrected chi connectivity index (χ4v) is 1.26. The fourth-order valence-electron chi connectivity index (χ4n) is 0.676. The van der Waals surface area contributed by atoms with Gasteiger partial charge in [0.25, 0.3) is 0 Å². The maximum atomic E-state index is 10.9. The molecule has 5 heteroatoms. The highest BCUT2D eigenvalue weighted by Gasteiger charge is 2.21. The number of rotatable bonds is 2. The highest BCUT2D eigenvalue weighted by atomic mass is 127. The van der Waals surface area contributed by atoms with Crippen molar-refractivity contribution in [2.45, 2.75) is 0 Å². The molecule has 1 aromatic rings. The summed E-state index contributed by atoms with van der Waals surface area (Å²) in [5.41, 5.74) is 0.242. The minimum atomic E-state index is -3.90. The van der Waals surface area contributed by atoms with E-state index in [9.17, 15) is 11.7 Å². The van der Waals surface area contributed by atoms with Gasteiger partial charge >= 0.3 is 27.0 Å². The van der Waals surface area contributed by atoms with E-state index in [1.165, 1.54) is 12.1 Å². The van der Waals surface area contributed by atoms with Crippen molar-refractivity contribution in [1.82, 2.24) is 0 Å². The van der Waals surface area contributed by atoms with Crippen LogP contribution >= 0.6 is 0 Å². The summed E-state index contributed by atoms with van der Waals surface area (Å²) in [4.78, 5) is 10.9. The lowest BCUT2D eigenvalue weighted by atomic mass is 10.2. The van der Waals surface area contributed by atoms with E-state index in [-0.39, 0.29) is 5.56 Å². The van der Waals surface area contributed by atoms with Gasteiger partial charge in [-0.1, -0.05) is 18.2 Å². The van der Waals surface area contributed by atoms with Crippen molar-refractivity contribution < 1.29 is 35.8 Å². The van der Waals surface area contributed by atoms with Crippen LogP contribution in [0.15, 0.2) is 30.3 Å². The third-order valence-corrected chi connectivity index (χ3v) is 1.90. The Morgan fingerprint density at radius 3 is 2.33 bits per heavy atom. The predicted octanol–water partition coefficient (Wildman–Crippen LogP) is -4.07. The molecule has 0 aliphatic rings. The molecule has 12 heavy (non-hydrogen) atoms. The topological polar surface area (TPSA) is 72.4 Å². The Balaban J connectivity index is 2.66. The van der Waals surface area contributed by atoms with Gasteiger partial charge in [-0.05, 0) is 12.1 Å². The van der Waals surface area contributed by atoms with Crippen LogP contribution in [0.1, 0.15) is 10.4 Å². The number of benzene rings is 1. The Kier molecular flexibility index (Phi) is 3.45. The van der Waals surface area contributed by atoms with Crippen LogP contribution in [0, 0.1) is 0 Å². The van der Waals surface area contributed by atoms with Crippen molar-refractivity contribution >= 4 is 5.97 Å². The van der Waals surface area contributed by atoms with E-state index in [2.05, 4.69) is 3.07 Å². The molecule has 0 spiro atoms. The third-order valence-electron chi connectivity index (χ3n) is 1.14. The van der Waals surface area contributed by atoms with Gasteiger partial charge in [0, 0.05) is 0 Å². The number of halogens is 1. The molecule has 0 heterocycles. The molecule has 0 bridgehead atoms. The van der Waals surface area contributed by atoms with E-state index in [1.54, 1.807) is 18.2 Å². The highest BCUT2D eigenvalue weighted by Crippen LogP contribution is 1.97. The summed E-state index contributed by atoms with van der Waals surface area (Å²) in [7, 11) is 0. The van der Waals surface area contributed by atoms with Gasteiger partial charge in [-0.25, -0.2) is 4.79 Å². The minimum Gasteiger partial charge on any atom is -0.385 e. The van der Waals surface area contributed by atoms with Crippen molar-refractivity contribution in [3.63, 3.8) is 0 Å². The highest BCUT2D eigenvalue weighted by molar-refractivity contribution is 5.88. The summed E-state index contributed by atoms with van der Waals surface area (Å²) in [6, 6.07) is 7.96. The molecule has 1 aromatic carbocycles. The lowest BCUT2D eigenvalue weighted by molar-refractivity contribution is -1.62. The average Bonchev–Trinajstić information content (AvgIpc) is 2.05. The van der Waals surface area contributed by atoms with Gasteiger partial charge in [0.05, 0.1) is 5.56 Å². The summed E-state index contributed by atoms with van der Waals surface area (Å²) >= 11 is -3.90. The van der Waals surface area contributed by atoms with Gasteiger partial charge in [0.15, 0.2) is 0 Å². The van der Waals surface area contributed by atoms with E-state index in [1.807, 2.05) is 0 Å². The van der Waals surface area contributed by atoms with Gasteiger partial charge in [-0.3, -0.25) is 0 Å². The van der Waals surface area contributed by atoms with E-state index in [4.69, 9.17) is 0 Å². The molecular formula is C7H5IO4. The zero-order chi connectivity index (χ0) is 8.97. The van der Waals surface area contributed by atoms with Crippen LogP contribution in [0.2, 0.25) is 0 Å². The Labute approximate surface area is 77.8 Å². The largest absolute Gasteiger partial charge is 0.575 e. The Morgan fingerprint density at radius 1 is 1.25 bits per heavy atom. The molecule has 64 valence electrons. The van der Waals surface area contributed by atoms with Gasteiger partial charge in [0.1, 0.15) is 0 Å². The first-order valence-electron chi connectivity index (χ1n) is 3.03. The molecule has 0 aromatic heterocycles. The number of hydrogen-bond acceptors (Lipinski definition) is 4. The Morgan fingerprint density at radius 2 is 1.83 bits per heavy atom. The quantitative estimate of drug-likeness (QED) is 0.517. The van der Waals surface area contributed by atoms with Crippen molar-refractivity contribution in [2.24, 2.45) is 0 Å². The molecule has 0 saturated carbocycles. The van der Waals surface area contributed by atoms with E-state index in [0.717, 1.165) is 0 Å². The molecule has 0 amide bonds. The minimum absolute atomic E-state index is 0.242. The maximum Gasteiger partial charge on any atom is 0.575 e. The first-order valence-corrected chi connectivity index (χ1v) is 5.67. The third kappa shape index (κ3) is 2.76. The van der Waals surface area contributed by atoms with Crippen LogP contribution in [-0.4, -0.2) is 5.97 Å². The predicted molar refractivity (Wildman–Crippen MR) is 31.9 cm³/mol. The van der Waals surface area contributed by atoms with E-state index in [0.29, 0.717) is 0 Å². The molecule has 0 aliphatic carbocycles. The van der Waals surface area contributed by atoms with Crippen LogP contribution in [0.25, 0.3) is 0 Å². The van der Waals surface area contributed by atoms with E-state index < -0.39 is 27.0 Å². The van der Waals surface area contributed by atoms with Crippen LogP contribution in [-0.2, 0) is 3.07 Å². The molecule has 0 radical (unpaired) electrons. The van der Waals surface area contributed by atoms with Crippen LogP contribution in [0.4, 0.5) is 0 Å². The molecule has 1 rings (SSSR count). The standard InChI is InChI=1S/C7H5IO4/c9-7(12-8(10)11)6-4-2-1-3-5-6/h1-5H. The summed E-state index contributed by atoms with van der Waals surface area (Å²) in [5, 5.41) is 0. The van der Waals surface area contributed by atoms with Gasteiger partial charge < -0.3 is 6.87 Å². The summed E-state index contributed by atoms with van der Waals surface area (Å²) in [5.74, 6) is -0.814. The number of hydrogen-bond donors (Lipinski definition) is 0. The normalized spacial score (nSPS) is 9.92. The van der Waals surface area contributed by atoms with Gasteiger partial charge in [-0.15, -0.1) is 3.07 Å². The molecule has 0 N–H and O–H groups in total. The van der Waals surface area contributed by atoms with Gasteiger partial charge in [-0.2, -0.15) is 0 Å². The van der Waals surface area contributed by atoms with E-state index >= 15 is 0 Å². The molecule has 0 saturated heterocycles.